The van der Waals surface area contributed by atoms with Crippen LogP contribution in [0.2, 0.25) is 0 Å². The van der Waals surface area contributed by atoms with Crippen LogP contribution in [0, 0.1) is 3.57 Å². The number of fused-ring (bicyclic) bond motifs is 1. The van der Waals surface area contributed by atoms with Crippen LogP contribution in [-0.4, -0.2) is 10.8 Å². The molecule has 1 heterocycles. The fraction of sp³-hybridized carbons (Fsp3) is 0. The first kappa shape index (κ1) is 13.6. The average Bonchev–Trinajstić information content (AvgIpc) is 2.79. The second-order valence-electron chi connectivity index (χ2n) is 4.18. The number of halogens is 2. The highest BCUT2D eigenvalue weighted by atomic mass is 127. The lowest BCUT2D eigenvalue weighted by molar-refractivity contribution is 0.103. The van der Waals surface area contributed by atoms with E-state index in [9.17, 15) is 9.59 Å². The van der Waals surface area contributed by atoms with E-state index >= 15 is 0 Å². The lowest BCUT2D eigenvalue weighted by Gasteiger charge is -2.04. The molecule has 0 radical (unpaired) electrons. The highest BCUT2D eigenvalue weighted by Gasteiger charge is 2.14. The third kappa shape index (κ3) is 2.45. The Balaban J connectivity index is 2.12. The van der Waals surface area contributed by atoms with E-state index in [2.05, 4.69) is 43.5 Å². The Bertz CT molecular complexity index is 882. The van der Waals surface area contributed by atoms with Gasteiger partial charge in [0.25, 0.3) is 0 Å². The first-order chi connectivity index (χ1) is 9.54. The molecule has 0 unspecified atom stereocenters. The third-order valence-corrected chi connectivity index (χ3v) is 4.29. The van der Waals surface area contributed by atoms with Crippen molar-refractivity contribution in [3.8, 4) is 0 Å². The number of ketones is 1. The Morgan fingerprint density at radius 2 is 2.00 bits per heavy atom. The van der Waals surface area contributed by atoms with Gasteiger partial charge in [0.1, 0.15) is 0 Å². The van der Waals surface area contributed by atoms with Crippen LogP contribution in [0.3, 0.4) is 0 Å². The van der Waals surface area contributed by atoms with E-state index in [1.807, 2.05) is 12.1 Å². The monoisotopic (exact) mass is 443 g/mol. The van der Waals surface area contributed by atoms with Gasteiger partial charge >= 0.3 is 5.76 Å². The molecule has 100 valence electrons. The quantitative estimate of drug-likeness (QED) is 0.485. The largest absolute Gasteiger partial charge is 0.417 e. The molecule has 0 aliphatic rings. The van der Waals surface area contributed by atoms with E-state index in [-0.39, 0.29) is 5.78 Å². The minimum atomic E-state index is -0.526. The number of H-pyrrole nitrogens is 1. The Labute approximate surface area is 135 Å². The van der Waals surface area contributed by atoms with Crippen molar-refractivity contribution >= 4 is 55.4 Å². The van der Waals surface area contributed by atoms with E-state index in [0.29, 0.717) is 22.2 Å². The van der Waals surface area contributed by atoms with Gasteiger partial charge in [-0.05, 0) is 59.0 Å². The van der Waals surface area contributed by atoms with Gasteiger partial charge in [0.05, 0.1) is 5.52 Å². The molecule has 6 heteroatoms. The van der Waals surface area contributed by atoms with Crippen molar-refractivity contribution in [3.63, 3.8) is 0 Å². The van der Waals surface area contributed by atoms with Gasteiger partial charge < -0.3 is 4.42 Å². The minimum absolute atomic E-state index is 0.110. The summed E-state index contributed by atoms with van der Waals surface area (Å²) in [7, 11) is 0. The van der Waals surface area contributed by atoms with Gasteiger partial charge in [0, 0.05) is 19.2 Å². The minimum Gasteiger partial charge on any atom is -0.408 e. The summed E-state index contributed by atoms with van der Waals surface area (Å²) in [5.41, 5.74) is 2.05. The number of carbonyl (C=O) groups is 1. The van der Waals surface area contributed by atoms with Crippen LogP contribution in [0.25, 0.3) is 11.1 Å². The number of aromatic amines is 1. The van der Waals surface area contributed by atoms with E-state index in [1.165, 1.54) is 0 Å². The van der Waals surface area contributed by atoms with Crippen molar-refractivity contribution in [3.05, 3.63) is 66.1 Å². The summed E-state index contributed by atoms with van der Waals surface area (Å²) in [6.45, 7) is 0. The summed E-state index contributed by atoms with van der Waals surface area (Å²) in [4.78, 5) is 26.2. The first-order valence-corrected chi connectivity index (χ1v) is 7.54. The van der Waals surface area contributed by atoms with Crippen molar-refractivity contribution in [1.29, 1.82) is 0 Å². The molecule has 1 aromatic heterocycles. The Morgan fingerprint density at radius 3 is 2.80 bits per heavy atom. The summed E-state index contributed by atoms with van der Waals surface area (Å²) in [6, 6.07) is 10.4. The summed E-state index contributed by atoms with van der Waals surface area (Å²) in [5.74, 6) is -0.636. The van der Waals surface area contributed by atoms with Crippen LogP contribution in [0.5, 0.6) is 0 Å². The topological polar surface area (TPSA) is 63.1 Å². The highest BCUT2D eigenvalue weighted by Crippen LogP contribution is 2.22. The number of hydrogen-bond acceptors (Lipinski definition) is 3. The molecule has 0 spiro atoms. The zero-order chi connectivity index (χ0) is 14.3. The molecule has 2 aromatic carbocycles. The lowest BCUT2D eigenvalue weighted by atomic mass is 10.0. The lowest BCUT2D eigenvalue weighted by Crippen LogP contribution is -2.03. The van der Waals surface area contributed by atoms with Gasteiger partial charge in [0.15, 0.2) is 11.4 Å². The number of nitrogens with one attached hydrogen (secondary N) is 1. The molecule has 0 aliphatic heterocycles. The average molecular weight is 444 g/mol. The summed E-state index contributed by atoms with van der Waals surface area (Å²) >= 11 is 5.48. The Kier molecular flexibility index (Phi) is 3.51. The molecule has 0 bridgehead atoms. The zero-order valence-electron chi connectivity index (χ0n) is 9.94. The molecule has 20 heavy (non-hydrogen) atoms. The van der Waals surface area contributed by atoms with Crippen LogP contribution >= 0.6 is 38.5 Å². The maximum Gasteiger partial charge on any atom is 0.417 e. The molecule has 1 N–H and O–H groups in total. The zero-order valence-corrected chi connectivity index (χ0v) is 13.7. The van der Waals surface area contributed by atoms with E-state index < -0.39 is 5.76 Å². The van der Waals surface area contributed by atoms with Crippen molar-refractivity contribution in [2.75, 3.05) is 0 Å². The highest BCUT2D eigenvalue weighted by molar-refractivity contribution is 14.1. The van der Waals surface area contributed by atoms with Crippen molar-refractivity contribution in [2.24, 2.45) is 0 Å². The predicted molar refractivity (Wildman–Crippen MR) is 87.1 cm³/mol. The molecule has 3 rings (SSSR count). The molecule has 0 saturated carbocycles. The molecule has 4 nitrogen and oxygen atoms in total. The number of rotatable bonds is 2. The smallest absolute Gasteiger partial charge is 0.408 e. The van der Waals surface area contributed by atoms with Crippen LogP contribution in [-0.2, 0) is 0 Å². The normalized spacial score (nSPS) is 10.9. The number of carbonyl (C=O) groups excluding carboxylic acids is 1. The summed E-state index contributed by atoms with van der Waals surface area (Å²) < 4.78 is 6.68. The Morgan fingerprint density at radius 1 is 1.20 bits per heavy atom. The maximum atomic E-state index is 12.5. The fourth-order valence-corrected chi connectivity index (χ4v) is 2.86. The van der Waals surface area contributed by atoms with Gasteiger partial charge in [-0.25, -0.2) is 4.79 Å². The van der Waals surface area contributed by atoms with Crippen molar-refractivity contribution < 1.29 is 9.21 Å². The standard InChI is InChI=1S/C14H7BrINO3/c15-8-2-3-10(16)9(6-8)13(18)7-1-4-11-12(5-7)20-14(19)17-11/h1-6H,(H,17,19). The van der Waals surface area contributed by atoms with Crippen LogP contribution < -0.4 is 5.76 Å². The SMILES string of the molecule is O=C(c1ccc2[nH]c(=O)oc2c1)c1cc(Br)ccc1I. The van der Waals surface area contributed by atoms with Gasteiger partial charge in [0.2, 0.25) is 0 Å². The molecule has 0 aliphatic carbocycles. The number of hydrogen-bond donors (Lipinski definition) is 1. The van der Waals surface area contributed by atoms with Gasteiger partial charge in [-0.15, -0.1) is 0 Å². The van der Waals surface area contributed by atoms with Crippen LogP contribution in [0.4, 0.5) is 0 Å². The molecule has 0 atom stereocenters. The fourth-order valence-electron chi connectivity index (χ4n) is 1.91. The number of oxazole rings is 1. The van der Waals surface area contributed by atoms with E-state index in [0.717, 1.165) is 8.04 Å². The predicted octanol–water partition coefficient (Wildman–Crippen LogP) is 3.72. The van der Waals surface area contributed by atoms with Crippen LogP contribution in [0.1, 0.15) is 15.9 Å². The second kappa shape index (κ2) is 5.17. The van der Waals surface area contributed by atoms with Crippen LogP contribution in [0.15, 0.2) is 50.1 Å². The molecule has 0 fully saturated rings. The van der Waals surface area contributed by atoms with E-state index in [4.69, 9.17) is 4.42 Å². The van der Waals surface area contributed by atoms with Gasteiger partial charge in [-0.3, -0.25) is 9.78 Å². The molecular weight excluding hydrogens is 437 g/mol. The molecule has 0 amide bonds. The molecular formula is C14H7BrINO3. The van der Waals surface area contributed by atoms with Gasteiger partial charge in [-0.1, -0.05) is 15.9 Å². The molecule has 3 aromatic rings. The second-order valence-corrected chi connectivity index (χ2v) is 6.26. The number of aromatic nitrogens is 1. The van der Waals surface area contributed by atoms with Crippen molar-refractivity contribution in [1.82, 2.24) is 4.98 Å². The molecule has 0 saturated heterocycles. The Hall–Kier alpha value is -1.41. The number of benzene rings is 2. The maximum absolute atomic E-state index is 12.5. The third-order valence-electron chi connectivity index (χ3n) is 2.86. The van der Waals surface area contributed by atoms with Gasteiger partial charge in [-0.2, -0.15) is 0 Å². The van der Waals surface area contributed by atoms with E-state index in [1.54, 1.807) is 24.3 Å². The summed E-state index contributed by atoms with van der Waals surface area (Å²) in [5, 5.41) is 0. The first-order valence-electron chi connectivity index (χ1n) is 5.67. The summed E-state index contributed by atoms with van der Waals surface area (Å²) in [6.07, 6.45) is 0. The van der Waals surface area contributed by atoms with Crippen molar-refractivity contribution in [2.45, 2.75) is 0 Å².